The summed E-state index contributed by atoms with van der Waals surface area (Å²) < 4.78 is 4.93. The van der Waals surface area contributed by atoms with Crippen molar-refractivity contribution in [3.05, 3.63) is 265 Å². The Bertz CT molecular complexity index is 4350. The zero-order valence-electron chi connectivity index (χ0n) is 37.4. The topological polar surface area (TPSA) is 17.3 Å². The third-order valence-electron chi connectivity index (χ3n) is 15.0. The van der Waals surface area contributed by atoms with Gasteiger partial charge in [0.25, 0.3) is 0 Å². The van der Waals surface area contributed by atoms with Crippen LogP contribution in [0.25, 0.3) is 114 Å². The maximum Gasteiger partial charge on any atom is 0.156 e. The molecule has 1 aliphatic rings. The summed E-state index contributed by atoms with van der Waals surface area (Å²) in [6.07, 6.45) is 0. The fraction of sp³-hybridized carbons (Fsp3) is 0.0152. The van der Waals surface area contributed by atoms with Gasteiger partial charge in [-0.2, -0.15) is 0 Å². The fourth-order valence-corrected chi connectivity index (χ4v) is 13.2. The Kier molecular flexibility index (Phi) is 8.19. The van der Waals surface area contributed by atoms with Crippen LogP contribution in [0.2, 0.25) is 0 Å². The van der Waals surface area contributed by atoms with Gasteiger partial charge in [-0.05, 0) is 124 Å². The van der Waals surface area contributed by atoms with Crippen LogP contribution in [0, 0.1) is 0 Å². The smallest absolute Gasteiger partial charge is 0.156 e. The van der Waals surface area contributed by atoms with E-state index in [2.05, 4.69) is 247 Å². The molecule has 11 aromatic carbocycles. The quantitative estimate of drug-likeness (QED) is 0.157. The number of pyridine rings is 1. The molecule has 0 fully saturated rings. The van der Waals surface area contributed by atoms with Crippen molar-refractivity contribution in [3.63, 3.8) is 0 Å². The first-order valence-electron chi connectivity index (χ1n) is 23.8. The van der Waals surface area contributed by atoms with Crippen molar-refractivity contribution in [2.24, 2.45) is 0 Å². The first-order chi connectivity index (χ1) is 34.2. The van der Waals surface area contributed by atoms with Crippen molar-refractivity contribution < 1.29 is 0 Å². The van der Waals surface area contributed by atoms with E-state index in [0.29, 0.717) is 0 Å². The van der Waals surface area contributed by atoms with Gasteiger partial charge in [0.1, 0.15) is 0 Å². The van der Waals surface area contributed by atoms with Crippen LogP contribution >= 0.6 is 11.3 Å². The van der Waals surface area contributed by atoms with Gasteiger partial charge in [-0.15, -0.1) is 11.3 Å². The minimum absolute atomic E-state index is 0.432. The summed E-state index contributed by atoms with van der Waals surface area (Å²) >= 11 is 1.86. The van der Waals surface area contributed by atoms with Crippen molar-refractivity contribution in [1.29, 1.82) is 0 Å². The highest BCUT2D eigenvalue weighted by molar-refractivity contribution is 7.27. The number of aromatic nitrogens is 2. The number of nitrogens with zero attached hydrogens (tertiary/aromatic N) is 2. The van der Waals surface area contributed by atoms with Crippen LogP contribution in [-0.4, -0.2) is 9.38 Å². The lowest BCUT2D eigenvalue weighted by Crippen LogP contribution is -2.28. The lowest BCUT2D eigenvalue weighted by atomic mass is 9.67. The fourth-order valence-electron chi connectivity index (χ4n) is 11.9. The van der Waals surface area contributed by atoms with Gasteiger partial charge in [0, 0.05) is 15.5 Å². The van der Waals surface area contributed by atoms with Gasteiger partial charge in [0.05, 0.1) is 26.8 Å². The average molecular weight is 893 g/mol. The summed E-state index contributed by atoms with van der Waals surface area (Å²) in [7, 11) is 0. The van der Waals surface area contributed by atoms with Crippen molar-refractivity contribution in [2.75, 3.05) is 0 Å². The molecule has 3 aromatic heterocycles. The molecule has 0 atom stereocenters. The molecular weight excluding hydrogens is 853 g/mol. The summed E-state index contributed by atoms with van der Waals surface area (Å²) in [4.78, 5) is 5.48. The minimum Gasteiger partial charge on any atom is -0.291 e. The summed E-state index contributed by atoms with van der Waals surface area (Å²) in [6.45, 7) is 0. The Balaban J connectivity index is 0.862. The lowest BCUT2D eigenvalue weighted by molar-refractivity contribution is 0.768. The molecule has 14 aromatic rings. The van der Waals surface area contributed by atoms with Gasteiger partial charge in [-0.1, -0.05) is 212 Å². The van der Waals surface area contributed by atoms with Gasteiger partial charge in [-0.3, -0.25) is 4.40 Å². The number of rotatable bonds is 5. The number of thiophene rings is 1. The zero-order chi connectivity index (χ0) is 45.2. The van der Waals surface area contributed by atoms with Crippen molar-refractivity contribution in [1.82, 2.24) is 9.38 Å². The molecule has 0 unspecified atom stereocenters. The van der Waals surface area contributed by atoms with Crippen molar-refractivity contribution in [2.45, 2.75) is 5.41 Å². The molecule has 3 heterocycles. The van der Waals surface area contributed by atoms with Gasteiger partial charge >= 0.3 is 0 Å². The summed E-state index contributed by atoms with van der Waals surface area (Å²) in [5, 5.41) is 9.96. The molecule has 0 amide bonds. The van der Waals surface area contributed by atoms with E-state index in [1.165, 1.54) is 108 Å². The van der Waals surface area contributed by atoms with E-state index in [-0.39, 0.29) is 0 Å². The van der Waals surface area contributed by atoms with Crippen LogP contribution in [0.4, 0.5) is 0 Å². The second-order valence-electron chi connectivity index (χ2n) is 18.6. The second kappa shape index (κ2) is 14.7. The Morgan fingerprint density at radius 2 is 0.942 bits per heavy atom. The van der Waals surface area contributed by atoms with E-state index < -0.39 is 5.41 Å². The maximum absolute atomic E-state index is 5.48. The van der Waals surface area contributed by atoms with Crippen molar-refractivity contribution in [3.8, 4) is 44.6 Å². The maximum atomic E-state index is 5.48. The van der Waals surface area contributed by atoms with E-state index in [9.17, 15) is 0 Å². The van der Waals surface area contributed by atoms with Crippen LogP contribution in [0.15, 0.2) is 243 Å². The molecule has 2 nitrogen and oxygen atoms in total. The van der Waals surface area contributed by atoms with Crippen LogP contribution in [-0.2, 0) is 5.41 Å². The first kappa shape index (κ1) is 38.5. The highest BCUT2D eigenvalue weighted by atomic mass is 32.1. The molecule has 3 heteroatoms. The van der Waals surface area contributed by atoms with Crippen LogP contribution in [0.3, 0.4) is 0 Å². The SMILES string of the molecule is c1ccc(C2(c3ccccc3)c3ccccc3-c3c(-c4ccc(-c5ccc(-c6cc7c8ccc9ccccc9c8sc7c7nc8cc9cc%10ccccc%10cc9cc8n67)cc5)cc4)cccc32)cc1. The number of benzene rings is 11. The predicted octanol–water partition coefficient (Wildman–Crippen LogP) is 17.7. The van der Waals surface area contributed by atoms with Gasteiger partial charge in [0.15, 0.2) is 5.65 Å². The molecule has 0 radical (unpaired) electrons. The summed E-state index contributed by atoms with van der Waals surface area (Å²) in [5.41, 5.74) is 17.6. The molecule has 0 aliphatic heterocycles. The standard InChI is InChI=1S/C66H40N2S/c1-3-17-50(18-4-1)66(51-19-5-2-6-20-51)57-24-12-11-22-55(57)62-52(23-13-25-58(62)66)44-30-26-41(27-31-44)42-28-32-45(33-29-42)60-40-56-54-35-34-43-14-9-10-21-53(43)63(54)69-64(56)65-67-59-38-48-36-46-15-7-8-16-47(46)37-49(48)39-61(59)68(60)65/h1-40H. The summed E-state index contributed by atoms with van der Waals surface area (Å²) in [5.74, 6) is 0. The normalized spacial score (nSPS) is 13.0. The van der Waals surface area contributed by atoms with E-state index >= 15 is 0 Å². The molecule has 320 valence electrons. The Morgan fingerprint density at radius 1 is 0.362 bits per heavy atom. The van der Waals surface area contributed by atoms with Crippen LogP contribution in [0.5, 0.6) is 0 Å². The van der Waals surface area contributed by atoms with E-state index in [1.54, 1.807) is 0 Å². The number of imidazole rings is 1. The molecular formula is C66H40N2S. The Labute approximate surface area is 402 Å². The molecule has 0 saturated carbocycles. The van der Waals surface area contributed by atoms with E-state index in [4.69, 9.17) is 4.98 Å². The van der Waals surface area contributed by atoms with Crippen LogP contribution < -0.4 is 0 Å². The predicted molar refractivity (Wildman–Crippen MR) is 292 cm³/mol. The molecule has 1 aliphatic carbocycles. The lowest BCUT2D eigenvalue weighted by Gasteiger charge is -2.34. The molecule has 0 bridgehead atoms. The second-order valence-corrected chi connectivity index (χ2v) is 19.6. The highest BCUT2D eigenvalue weighted by Gasteiger charge is 2.46. The first-order valence-corrected chi connectivity index (χ1v) is 24.6. The highest BCUT2D eigenvalue weighted by Crippen LogP contribution is 2.58. The average Bonchev–Trinajstić information content (AvgIpc) is 4.09. The van der Waals surface area contributed by atoms with Crippen molar-refractivity contribution >= 4 is 80.5 Å². The molecule has 69 heavy (non-hydrogen) atoms. The third-order valence-corrected chi connectivity index (χ3v) is 16.3. The Morgan fingerprint density at radius 3 is 1.67 bits per heavy atom. The molecule has 15 rings (SSSR count). The number of hydrogen-bond acceptors (Lipinski definition) is 2. The molecule has 0 saturated heterocycles. The van der Waals surface area contributed by atoms with Gasteiger partial charge in [0.2, 0.25) is 0 Å². The molecule has 0 N–H and O–H groups in total. The number of hydrogen-bond donors (Lipinski definition) is 0. The summed E-state index contributed by atoms with van der Waals surface area (Å²) in [6, 6.07) is 89.9. The van der Waals surface area contributed by atoms with Gasteiger partial charge < -0.3 is 0 Å². The van der Waals surface area contributed by atoms with Crippen LogP contribution in [0.1, 0.15) is 22.3 Å². The monoisotopic (exact) mass is 892 g/mol. The zero-order valence-corrected chi connectivity index (χ0v) is 38.2. The minimum atomic E-state index is -0.432. The Hall–Kier alpha value is -8.63. The third kappa shape index (κ3) is 5.57. The number of fused-ring (bicyclic) bond motifs is 14. The van der Waals surface area contributed by atoms with E-state index in [0.717, 1.165) is 27.9 Å². The largest absolute Gasteiger partial charge is 0.291 e. The van der Waals surface area contributed by atoms with Gasteiger partial charge in [-0.25, -0.2) is 4.98 Å². The molecule has 0 spiro atoms. The van der Waals surface area contributed by atoms with E-state index in [1.807, 2.05) is 11.3 Å².